The second-order valence-electron chi connectivity index (χ2n) is 5.06. The smallest absolute Gasteiger partial charge is 0.333 e. The van der Waals surface area contributed by atoms with Gasteiger partial charge in [0.05, 0.1) is 5.56 Å². The van der Waals surface area contributed by atoms with E-state index < -0.39 is 6.03 Å². The van der Waals surface area contributed by atoms with Crippen molar-refractivity contribution in [1.29, 1.82) is 0 Å². The van der Waals surface area contributed by atoms with Crippen LogP contribution in [-0.4, -0.2) is 36.3 Å². The largest absolute Gasteiger partial charge is 0.382 e. The quantitative estimate of drug-likeness (QED) is 0.558. The fraction of sp³-hybridized carbons (Fsp3) is 0.375. The zero-order chi connectivity index (χ0) is 16.7. The minimum Gasteiger partial charge on any atom is -0.382 e. The first-order valence-electron chi connectivity index (χ1n) is 7.59. The Hall–Kier alpha value is -2.54. The van der Waals surface area contributed by atoms with Crippen LogP contribution in [0.3, 0.4) is 0 Å². The van der Waals surface area contributed by atoms with Crippen LogP contribution in [0.1, 0.15) is 23.7 Å². The van der Waals surface area contributed by atoms with E-state index in [0.29, 0.717) is 25.3 Å². The second-order valence-corrected chi connectivity index (χ2v) is 5.06. The van der Waals surface area contributed by atoms with Gasteiger partial charge in [-0.25, -0.2) is 10.2 Å². The first-order valence-corrected chi connectivity index (χ1v) is 7.59. The Kier molecular flexibility index (Phi) is 5.99. The molecule has 3 amide bonds. The van der Waals surface area contributed by atoms with E-state index in [1.165, 1.54) is 0 Å². The van der Waals surface area contributed by atoms with Crippen molar-refractivity contribution in [3.05, 3.63) is 36.0 Å². The molecule has 0 atom stereocenters. The van der Waals surface area contributed by atoms with Gasteiger partial charge in [-0.2, -0.15) is 0 Å². The van der Waals surface area contributed by atoms with Crippen molar-refractivity contribution in [2.24, 2.45) is 7.05 Å². The molecule has 0 saturated carbocycles. The highest BCUT2D eigenvalue weighted by Crippen LogP contribution is 2.19. The molecule has 2 aromatic rings. The molecule has 0 spiro atoms. The molecule has 0 radical (unpaired) electrons. The maximum atomic E-state index is 12.2. The molecule has 0 aliphatic heterocycles. The number of ether oxygens (including phenoxy) is 1. The van der Waals surface area contributed by atoms with Crippen LogP contribution in [0.15, 0.2) is 30.5 Å². The van der Waals surface area contributed by atoms with E-state index >= 15 is 0 Å². The Morgan fingerprint density at radius 1 is 1.22 bits per heavy atom. The average Bonchev–Trinajstić information content (AvgIpc) is 2.90. The van der Waals surface area contributed by atoms with Crippen LogP contribution in [0.5, 0.6) is 0 Å². The minimum absolute atomic E-state index is 0.355. The molecule has 2 rings (SSSR count). The predicted octanol–water partition coefficient (Wildman–Crippen LogP) is 1.55. The summed E-state index contributed by atoms with van der Waals surface area (Å²) in [5.41, 5.74) is 6.23. The van der Waals surface area contributed by atoms with Gasteiger partial charge in [0.25, 0.3) is 5.91 Å². The highest BCUT2D eigenvalue weighted by Gasteiger charge is 2.13. The van der Waals surface area contributed by atoms with Crippen molar-refractivity contribution in [1.82, 2.24) is 20.7 Å². The van der Waals surface area contributed by atoms with E-state index in [2.05, 4.69) is 16.2 Å². The fourth-order valence-corrected chi connectivity index (χ4v) is 2.27. The summed E-state index contributed by atoms with van der Waals surface area (Å²) in [6, 6.07) is 7.15. The van der Waals surface area contributed by atoms with Crippen LogP contribution in [0.2, 0.25) is 0 Å². The zero-order valence-corrected chi connectivity index (χ0v) is 13.4. The van der Waals surface area contributed by atoms with E-state index in [0.717, 1.165) is 17.3 Å². The van der Waals surface area contributed by atoms with Crippen molar-refractivity contribution in [3.8, 4) is 0 Å². The first-order chi connectivity index (χ1) is 11.1. The first kappa shape index (κ1) is 16.8. The molecule has 124 valence electrons. The number of rotatable bonds is 6. The predicted molar refractivity (Wildman–Crippen MR) is 88.0 cm³/mol. The third-order valence-electron chi connectivity index (χ3n) is 3.39. The average molecular weight is 318 g/mol. The van der Waals surface area contributed by atoms with E-state index in [1.807, 2.05) is 42.8 Å². The van der Waals surface area contributed by atoms with Gasteiger partial charge in [0.15, 0.2) is 0 Å². The van der Waals surface area contributed by atoms with Crippen LogP contribution in [0.25, 0.3) is 10.9 Å². The Morgan fingerprint density at radius 2 is 2.00 bits per heavy atom. The highest BCUT2D eigenvalue weighted by molar-refractivity contribution is 6.07. The summed E-state index contributed by atoms with van der Waals surface area (Å²) in [5, 5.41) is 3.48. The van der Waals surface area contributed by atoms with Gasteiger partial charge in [-0.1, -0.05) is 18.2 Å². The molecule has 1 aromatic carbocycles. The van der Waals surface area contributed by atoms with Crippen LogP contribution < -0.4 is 16.2 Å². The number of amides is 3. The lowest BCUT2D eigenvalue weighted by atomic mass is 10.2. The molecule has 1 aromatic heterocycles. The van der Waals surface area contributed by atoms with Gasteiger partial charge in [0.2, 0.25) is 0 Å². The molecular weight excluding hydrogens is 296 g/mol. The number of nitrogens with zero attached hydrogens (tertiary/aromatic N) is 1. The third kappa shape index (κ3) is 4.46. The molecule has 7 heteroatoms. The van der Waals surface area contributed by atoms with E-state index in [1.54, 1.807) is 6.20 Å². The molecule has 0 fully saturated rings. The van der Waals surface area contributed by atoms with Gasteiger partial charge >= 0.3 is 6.03 Å². The number of hydrogen-bond donors (Lipinski definition) is 3. The molecule has 0 unspecified atom stereocenters. The summed E-state index contributed by atoms with van der Waals surface area (Å²) in [5.74, 6) is -0.355. The van der Waals surface area contributed by atoms with Gasteiger partial charge in [0.1, 0.15) is 0 Å². The van der Waals surface area contributed by atoms with Crippen LogP contribution in [0.4, 0.5) is 4.79 Å². The molecule has 3 N–H and O–H groups in total. The van der Waals surface area contributed by atoms with E-state index in [9.17, 15) is 9.59 Å². The number of carbonyl (C=O) groups is 2. The highest BCUT2D eigenvalue weighted by atomic mass is 16.5. The van der Waals surface area contributed by atoms with Crippen LogP contribution >= 0.6 is 0 Å². The number of hydrogen-bond acceptors (Lipinski definition) is 3. The second kappa shape index (κ2) is 8.19. The Labute approximate surface area is 135 Å². The van der Waals surface area contributed by atoms with E-state index in [4.69, 9.17) is 4.74 Å². The Bertz CT molecular complexity index is 681. The molecular formula is C16H22N4O3. The number of aryl methyl sites for hydroxylation is 1. The Balaban J connectivity index is 1.83. The van der Waals surface area contributed by atoms with Crippen molar-refractivity contribution in [2.75, 3.05) is 19.8 Å². The lowest BCUT2D eigenvalue weighted by Crippen LogP contribution is -2.47. The number of benzene rings is 1. The number of nitrogens with one attached hydrogen (secondary N) is 3. The summed E-state index contributed by atoms with van der Waals surface area (Å²) in [4.78, 5) is 23.8. The van der Waals surface area contributed by atoms with Crippen molar-refractivity contribution in [3.63, 3.8) is 0 Å². The number of fused-ring (bicyclic) bond motifs is 1. The number of aromatic nitrogens is 1. The third-order valence-corrected chi connectivity index (χ3v) is 3.39. The molecule has 7 nitrogen and oxygen atoms in total. The summed E-state index contributed by atoms with van der Waals surface area (Å²) in [6.45, 7) is 3.66. The van der Waals surface area contributed by atoms with Gasteiger partial charge in [-0.15, -0.1) is 0 Å². The minimum atomic E-state index is -0.449. The van der Waals surface area contributed by atoms with Gasteiger partial charge in [-0.3, -0.25) is 10.2 Å². The summed E-state index contributed by atoms with van der Waals surface area (Å²) in [7, 11) is 1.87. The standard InChI is InChI=1S/C16H22N4O3/c1-3-23-10-6-9-17-16(22)19-18-15(21)13-11-20(2)14-8-5-4-7-12(13)14/h4-5,7-8,11H,3,6,9-10H2,1-2H3,(H,18,21)(H2,17,19,22). The summed E-state index contributed by atoms with van der Waals surface area (Å²) in [6.07, 6.45) is 2.46. The molecule has 0 aliphatic rings. The van der Waals surface area contributed by atoms with Crippen molar-refractivity contribution >= 4 is 22.8 Å². The fourth-order valence-electron chi connectivity index (χ4n) is 2.27. The molecule has 1 heterocycles. The van der Waals surface area contributed by atoms with E-state index in [-0.39, 0.29) is 5.91 Å². The van der Waals surface area contributed by atoms with Gasteiger partial charge in [-0.05, 0) is 19.4 Å². The maximum absolute atomic E-state index is 12.2. The number of para-hydroxylation sites is 1. The number of urea groups is 1. The molecule has 0 bridgehead atoms. The lowest BCUT2D eigenvalue weighted by Gasteiger charge is -2.08. The maximum Gasteiger partial charge on any atom is 0.333 e. The SMILES string of the molecule is CCOCCCNC(=O)NNC(=O)c1cn(C)c2ccccc12. The zero-order valence-electron chi connectivity index (χ0n) is 13.4. The van der Waals surface area contributed by atoms with Gasteiger partial charge < -0.3 is 14.6 Å². The van der Waals surface area contributed by atoms with Crippen LogP contribution in [-0.2, 0) is 11.8 Å². The lowest BCUT2D eigenvalue weighted by molar-refractivity contribution is 0.0937. The Morgan fingerprint density at radius 3 is 2.78 bits per heavy atom. The monoisotopic (exact) mass is 318 g/mol. The van der Waals surface area contributed by atoms with Crippen molar-refractivity contribution in [2.45, 2.75) is 13.3 Å². The molecule has 0 saturated heterocycles. The van der Waals surface area contributed by atoms with Crippen molar-refractivity contribution < 1.29 is 14.3 Å². The summed E-state index contributed by atoms with van der Waals surface area (Å²) < 4.78 is 7.04. The molecule has 23 heavy (non-hydrogen) atoms. The number of hydrazine groups is 1. The topological polar surface area (TPSA) is 84.4 Å². The normalized spacial score (nSPS) is 10.5. The van der Waals surface area contributed by atoms with Crippen LogP contribution in [0, 0.1) is 0 Å². The number of carbonyl (C=O) groups excluding carboxylic acids is 2. The van der Waals surface area contributed by atoms with Gasteiger partial charge in [0, 0.05) is 43.9 Å². The molecule has 0 aliphatic carbocycles. The summed E-state index contributed by atoms with van der Waals surface area (Å²) >= 11 is 0.